The average Bonchev–Trinajstić information content (AvgIpc) is 3.03. The third-order valence-corrected chi connectivity index (χ3v) is 4.27. The summed E-state index contributed by atoms with van der Waals surface area (Å²) >= 11 is 0. The Bertz CT molecular complexity index is 870. The van der Waals surface area contributed by atoms with Gasteiger partial charge in [0.1, 0.15) is 5.75 Å². The topological polar surface area (TPSA) is 56.1 Å². The minimum absolute atomic E-state index is 0.0382. The van der Waals surface area contributed by atoms with E-state index in [0.717, 1.165) is 35.3 Å². The highest BCUT2D eigenvalue weighted by Gasteiger charge is 2.04. The fourth-order valence-electron chi connectivity index (χ4n) is 2.67. The molecule has 3 rings (SSSR count). The lowest BCUT2D eigenvalue weighted by Gasteiger charge is -2.09. The van der Waals surface area contributed by atoms with Crippen LogP contribution in [-0.4, -0.2) is 28.6 Å². The fraction of sp³-hybridized carbons (Fsp3) is 0.300. The highest BCUT2D eigenvalue weighted by molar-refractivity contribution is 5.77. The average molecular weight is 337 g/mol. The normalized spacial score (nSPS) is 10.8. The summed E-state index contributed by atoms with van der Waals surface area (Å²) in [5.74, 6) is 0.622. The molecule has 25 heavy (non-hydrogen) atoms. The van der Waals surface area contributed by atoms with Crippen LogP contribution in [0.1, 0.15) is 17.5 Å². The van der Waals surface area contributed by atoms with E-state index in [1.807, 2.05) is 49.6 Å². The zero-order valence-corrected chi connectivity index (χ0v) is 14.7. The standard InChI is InChI=1S/C20H23N3O2/c1-15-8-9-17(12-16(15)2)25-13-20(24)21-10-5-11-23-14-22-18-6-3-4-7-19(18)23/h3-4,6-9,12,14H,5,10-11,13H2,1-2H3,(H,21,24). The van der Waals surface area contributed by atoms with Gasteiger partial charge in [0.05, 0.1) is 17.4 Å². The number of carbonyl (C=O) groups is 1. The van der Waals surface area contributed by atoms with Crippen LogP contribution in [0.5, 0.6) is 5.75 Å². The summed E-state index contributed by atoms with van der Waals surface area (Å²) < 4.78 is 7.64. The van der Waals surface area contributed by atoms with Gasteiger partial charge < -0.3 is 14.6 Å². The molecule has 0 radical (unpaired) electrons. The molecule has 0 aliphatic carbocycles. The van der Waals surface area contributed by atoms with Crippen molar-refractivity contribution in [3.8, 4) is 5.75 Å². The van der Waals surface area contributed by atoms with Crippen molar-refractivity contribution in [3.63, 3.8) is 0 Å². The first kappa shape index (κ1) is 17.0. The lowest BCUT2D eigenvalue weighted by molar-refractivity contribution is -0.123. The van der Waals surface area contributed by atoms with E-state index in [-0.39, 0.29) is 12.5 Å². The van der Waals surface area contributed by atoms with Crippen molar-refractivity contribution in [1.82, 2.24) is 14.9 Å². The SMILES string of the molecule is Cc1ccc(OCC(=O)NCCCn2cnc3ccccc32)cc1C. The molecule has 0 saturated heterocycles. The Morgan fingerprint density at radius 1 is 1.16 bits per heavy atom. The zero-order chi connectivity index (χ0) is 17.6. The number of carbonyl (C=O) groups excluding carboxylic acids is 1. The zero-order valence-electron chi connectivity index (χ0n) is 14.7. The molecule has 0 bridgehead atoms. The maximum Gasteiger partial charge on any atom is 0.257 e. The van der Waals surface area contributed by atoms with Gasteiger partial charge in [0.2, 0.25) is 0 Å². The van der Waals surface area contributed by atoms with Crippen molar-refractivity contribution in [2.45, 2.75) is 26.8 Å². The number of fused-ring (bicyclic) bond motifs is 1. The summed E-state index contributed by atoms with van der Waals surface area (Å²) in [7, 11) is 0. The number of nitrogens with zero attached hydrogens (tertiary/aromatic N) is 2. The third kappa shape index (κ3) is 4.38. The highest BCUT2D eigenvalue weighted by Crippen LogP contribution is 2.16. The van der Waals surface area contributed by atoms with Crippen molar-refractivity contribution in [3.05, 3.63) is 59.9 Å². The minimum Gasteiger partial charge on any atom is -0.484 e. The molecule has 130 valence electrons. The van der Waals surface area contributed by atoms with Crippen molar-refractivity contribution >= 4 is 16.9 Å². The van der Waals surface area contributed by atoms with Gasteiger partial charge in [-0.25, -0.2) is 4.98 Å². The van der Waals surface area contributed by atoms with Gasteiger partial charge in [0, 0.05) is 13.1 Å². The van der Waals surface area contributed by atoms with E-state index >= 15 is 0 Å². The van der Waals surface area contributed by atoms with E-state index in [9.17, 15) is 4.79 Å². The molecule has 2 aromatic carbocycles. The number of ether oxygens (including phenoxy) is 1. The van der Waals surface area contributed by atoms with Gasteiger partial charge in [0.25, 0.3) is 5.91 Å². The smallest absolute Gasteiger partial charge is 0.257 e. The van der Waals surface area contributed by atoms with Gasteiger partial charge in [0.15, 0.2) is 6.61 Å². The molecule has 0 aliphatic rings. The number of amides is 1. The van der Waals surface area contributed by atoms with E-state index in [1.165, 1.54) is 5.56 Å². The van der Waals surface area contributed by atoms with Gasteiger partial charge in [-0.1, -0.05) is 18.2 Å². The molecule has 0 aliphatic heterocycles. The summed E-state index contributed by atoms with van der Waals surface area (Å²) in [6, 6.07) is 13.9. The highest BCUT2D eigenvalue weighted by atomic mass is 16.5. The second-order valence-electron chi connectivity index (χ2n) is 6.16. The van der Waals surface area contributed by atoms with Crippen molar-refractivity contribution < 1.29 is 9.53 Å². The summed E-state index contributed by atoms with van der Waals surface area (Å²) in [5, 5.41) is 2.89. The molecule has 1 aromatic heterocycles. The van der Waals surface area contributed by atoms with Crippen LogP contribution in [0.3, 0.4) is 0 Å². The molecule has 0 unspecified atom stereocenters. The first-order valence-corrected chi connectivity index (χ1v) is 8.50. The number of aryl methyl sites for hydroxylation is 3. The van der Waals surface area contributed by atoms with Gasteiger partial charge in [-0.15, -0.1) is 0 Å². The van der Waals surface area contributed by atoms with E-state index in [0.29, 0.717) is 6.54 Å². The Labute approximate surface area is 147 Å². The molecule has 1 N–H and O–H groups in total. The van der Waals surface area contributed by atoms with Crippen molar-refractivity contribution in [2.75, 3.05) is 13.2 Å². The van der Waals surface area contributed by atoms with E-state index in [4.69, 9.17) is 4.74 Å². The molecule has 3 aromatic rings. The first-order chi connectivity index (χ1) is 12.1. The number of rotatable bonds is 7. The lowest BCUT2D eigenvalue weighted by Crippen LogP contribution is -2.30. The Kier molecular flexibility index (Phi) is 5.33. The maximum atomic E-state index is 11.9. The fourth-order valence-corrected chi connectivity index (χ4v) is 2.67. The minimum atomic E-state index is -0.103. The maximum absolute atomic E-state index is 11.9. The summed E-state index contributed by atoms with van der Waals surface area (Å²) in [6.07, 6.45) is 2.69. The Balaban J connectivity index is 1.40. The first-order valence-electron chi connectivity index (χ1n) is 8.50. The monoisotopic (exact) mass is 337 g/mol. The van der Waals surface area contributed by atoms with E-state index in [1.54, 1.807) is 0 Å². The molecule has 1 amide bonds. The van der Waals surface area contributed by atoms with Crippen LogP contribution in [0.2, 0.25) is 0 Å². The summed E-state index contributed by atoms with van der Waals surface area (Å²) in [6.45, 7) is 5.55. The predicted molar refractivity (Wildman–Crippen MR) is 98.8 cm³/mol. The molecule has 0 atom stereocenters. The van der Waals surface area contributed by atoms with Crippen LogP contribution in [0.15, 0.2) is 48.8 Å². The molecular weight excluding hydrogens is 314 g/mol. The Hall–Kier alpha value is -2.82. The van der Waals surface area contributed by atoms with Crippen molar-refractivity contribution in [1.29, 1.82) is 0 Å². The van der Waals surface area contributed by atoms with Crippen LogP contribution in [0, 0.1) is 13.8 Å². The number of para-hydroxylation sites is 2. The van der Waals surface area contributed by atoms with Gasteiger partial charge in [-0.05, 0) is 55.7 Å². The largest absolute Gasteiger partial charge is 0.484 e. The van der Waals surface area contributed by atoms with Gasteiger partial charge in [-0.3, -0.25) is 4.79 Å². The quantitative estimate of drug-likeness (QED) is 0.674. The van der Waals surface area contributed by atoms with Gasteiger partial charge >= 0.3 is 0 Å². The van der Waals surface area contributed by atoms with Crippen LogP contribution in [-0.2, 0) is 11.3 Å². The Morgan fingerprint density at radius 2 is 2.00 bits per heavy atom. The second kappa shape index (κ2) is 7.83. The second-order valence-corrected chi connectivity index (χ2v) is 6.16. The third-order valence-electron chi connectivity index (χ3n) is 4.27. The molecule has 5 heteroatoms. The van der Waals surface area contributed by atoms with Crippen LogP contribution >= 0.6 is 0 Å². The number of imidazole rings is 1. The van der Waals surface area contributed by atoms with Crippen LogP contribution in [0.25, 0.3) is 11.0 Å². The predicted octanol–water partition coefficient (Wildman–Crippen LogP) is 3.24. The summed E-state index contributed by atoms with van der Waals surface area (Å²) in [4.78, 5) is 16.3. The molecule has 5 nitrogen and oxygen atoms in total. The number of hydrogen-bond acceptors (Lipinski definition) is 3. The molecular formula is C20H23N3O2. The van der Waals surface area contributed by atoms with E-state index in [2.05, 4.69) is 27.9 Å². The van der Waals surface area contributed by atoms with Crippen molar-refractivity contribution in [2.24, 2.45) is 0 Å². The molecule has 1 heterocycles. The number of hydrogen-bond donors (Lipinski definition) is 1. The molecule has 0 spiro atoms. The van der Waals surface area contributed by atoms with Crippen LogP contribution < -0.4 is 10.1 Å². The number of benzene rings is 2. The number of aromatic nitrogens is 2. The van der Waals surface area contributed by atoms with Crippen LogP contribution in [0.4, 0.5) is 0 Å². The lowest BCUT2D eigenvalue weighted by atomic mass is 10.1. The molecule has 0 fully saturated rings. The molecule has 0 saturated carbocycles. The summed E-state index contributed by atoms with van der Waals surface area (Å²) in [5.41, 5.74) is 4.48. The van der Waals surface area contributed by atoms with Gasteiger partial charge in [-0.2, -0.15) is 0 Å². The van der Waals surface area contributed by atoms with E-state index < -0.39 is 0 Å². The number of nitrogens with one attached hydrogen (secondary N) is 1. The Morgan fingerprint density at radius 3 is 2.84 bits per heavy atom.